The van der Waals surface area contributed by atoms with Gasteiger partial charge in [-0.2, -0.15) is 0 Å². The van der Waals surface area contributed by atoms with Crippen LogP contribution in [0.15, 0.2) is 4.42 Å². The molecule has 0 aliphatic carbocycles. The first-order chi connectivity index (χ1) is 8.11. The number of nitrogens with one attached hydrogen (secondary N) is 1. The summed E-state index contributed by atoms with van der Waals surface area (Å²) in [7, 11) is 1.84. The summed E-state index contributed by atoms with van der Waals surface area (Å²) in [5.74, 6) is 0.596. The zero-order valence-corrected chi connectivity index (χ0v) is 10.4. The van der Waals surface area contributed by atoms with Crippen molar-refractivity contribution in [3.05, 3.63) is 5.89 Å². The molecule has 1 aromatic rings. The Balaban J connectivity index is 2.01. The van der Waals surface area contributed by atoms with Gasteiger partial charge in [0.15, 0.2) is 0 Å². The van der Waals surface area contributed by atoms with Gasteiger partial charge in [-0.1, -0.05) is 5.10 Å². The van der Waals surface area contributed by atoms with Crippen LogP contribution in [0.5, 0.6) is 0 Å². The highest BCUT2D eigenvalue weighted by molar-refractivity contribution is 5.24. The Morgan fingerprint density at radius 1 is 1.41 bits per heavy atom. The van der Waals surface area contributed by atoms with Crippen molar-refractivity contribution in [1.82, 2.24) is 15.5 Å². The van der Waals surface area contributed by atoms with Crippen LogP contribution in [0.2, 0.25) is 0 Å². The van der Waals surface area contributed by atoms with Crippen LogP contribution in [0.25, 0.3) is 0 Å². The normalized spacial score (nSPS) is 25.9. The lowest BCUT2D eigenvalue weighted by atomic mass is 9.98. The van der Waals surface area contributed by atoms with Crippen molar-refractivity contribution in [1.29, 1.82) is 0 Å². The van der Waals surface area contributed by atoms with Crippen molar-refractivity contribution in [2.24, 2.45) is 0 Å². The maximum Gasteiger partial charge on any atom is 0.318 e. The van der Waals surface area contributed by atoms with E-state index in [9.17, 15) is 5.11 Å². The van der Waals surface area contributed by atoms with Crippen LogP contribution in [-0.2, 0) is 6.54 Å². The van der Waals surface area contributed by atoms with Gasteiger partial charge in [0.25, 0.3) is 0 Å². The molecule has 6 heteroatoms. The molecule has 0 saturated carbocycles. The topological polar surface area (TPSA) is 74.4 Å². The van der Waals surface area contributed by atoms with Crippen LogP contribution < -0.4 is 10.2 Å². The monoisotopic (exact) mass is 240 g/mol. The summed E-state index contributed by atoms with van der Waals surface area (Å²) >= 11 is 0. The van der Waals surface area contributed by atoms with Gasteiger partial charge in [0.1, 0.15) is 0 Å². The smallest absolute Gasteiger partial charge is 0.318 e. The first-order valence-corrected chi connectivity index (χ1v) is 6.05. The maximum atomic E-state index is 10.0. The third kappa shape index (κ3) is 3.17. The van der Waals surface area contributed by atoms with Crippen LogP contribution in [-0.4, -0.2) is 41.0 Å². The molecule has 0 amide bonds. The van der Waals surface area contributed by atoms with Crippen molar-refractivity contribution in [2.75, 3.05) is 25.0 Å². The van der Waals surface area contributed by atoms with E-state index >= 15 is 0 Å². The second kappa shape index (κ2) is 5.01. The average Bonchev–Trinajstić information content (AvgIpc) is 2.64. The van der Waals surface area contributed by atoms with E-state index < -0.39 is 5.60 Å². The standard InChI is InChI=1S/C11H20N4O2/c1-11(16)4-3-6-15(7-5-11)10-14-13-9(17-10)8-12-2/h12,16H,3-8H2,1-2H3. The SMILES string of the molecule is CNCc1nnc(N2CCCC(C)(O)CC2)o1. The summed E-state index contributed by atoms with van der Waals surface area (Å²) in [6.45, 7) is 4.08. The van der Waals surface area contributed by atoms with Gasteiger partial charge < -0.3 is 19.7 Å². The third-order valence-corrected chi connectivity index (χ3v) is 3.12. The molecular weight excluding hydrogens is 220 g/mol. The van der Waals surface area contributed by atoms with Crippen molar-refractivity contribution >= 4 is 6.01 Å². The van der Waals surface area contributed by atoms with Crippen LogP contribution in [0, 0.1) is 0 Å². The van der Waals surface area contributed by atoms with Crippen LogP contribution in [0.4, 0.5) is 6.01 Å². The number of anilines is 1. The molecular formula is C11H20N4O2. The van der Waals surface area contributed by atoms with Gasteiger partial charge in [-0.05, 0) is 33.2 Å². The molecule has 1 aliphatic heterocycles. The molecule has 1 atom stereocenters. The minimum absolute atomic E-state index is 0.563. The average molecular weight is 240 g/mol. The number of hydrogen-bond acceptors (Lipinski definition) is 6. The third-order valence-electron chi connectivity index (χ3n) is 3.12. The lowest BCUT2D eigenvalue weighted by molar-refractivity contribution is 0.0481. The van der Waals surface area contributed by atoms with Gasteiger partial charge in [0.2, 0.25) is 5.89 Å². The van der Waals surface area contributed by atoms with Gasteiger partial charge in [-0.3, -0.25) is 0 Å². The Hall–Kier alpha value is -1.14. The Morgan fingerprint density at radius 2 is 2.24 bits per heavy atom. The molecule has 17 heavy (non-hydrogen) atoms. The van der Waals surface area contributed by atoms with Gasteiger partial charge >= 0.3 is 6.01 Å². The van der Waals surface area contributed by atoms with E-state index in [2.05, 4.69) is 15.5 Å². The van der Waals surface area contributed by atoms with Gasteiger partial charge in [-0.15, -0.1) is 5.10 Å². The van der Waals surface area contributed by atoms with Crippen molar-refractivity contribution in [3.8, 4) is 0 Å². The number of hydrogen-bond donors (Lipinski definition) is 2. The van der Waals surface area contributed by atoms with Crippen molar-refractivity contribution in [2.45, 2.75) is 38.3 Å². The summed E-state index contributed by atoms with van der Waals surface area (Å²) in [6.07, 6.45) is 2.49. The molecule has 1 aliphatic rings. The number of aromatic nitrogens is 2. The molecule has 6 nitrogen and oxygen atoms in total. The second-order valence-electron chi connectivity index (χ2n) is 4.85. The predicted molar refractivity (Wildman–Crippen MR) is 63.7 cm³/mol. The number of rotatable bonds is 3. The first-order valence-electron chi connectivity index (χ1n) is 6.05. The zero-order chi connectivity index (χ0) is 12.3. The number of nitrogens with zero attached hydrogens (tertiary/aromatic N) is 3. The van der Waals surface area contributed by atoms with Crippen molar-refractivity contribution in [3.63, 3.8) is 0 Å². The van der Waals surface area contributed by atoms with E-state index in [0.29, 0.717) is 18.5 Å². The van der Waals surface area contributed by atoms with E-state index in [1.807, 2.05) is 18.9 Å². The Morgan fingerprint density at radius 3 is 3.00 bits per heavy atom. The second-order valence-corrected chi connectivity index (χ2v) is 4.85. The summed E-state index contributed by atoms with van der Waals surface area (Å²) in [6, 6.07) is 0.563. The minimum atomic E-state index is -0.567. The summed E-state index contributed by atoms with van der Waals surface area (Å²) in [4.78, 5) is 2.05. The summed E-state index contributed by atoms with van der Waals surface area (Å²) in [5, 5.41) is 21.0. The first kappa shape index (κ1) is 12.3. The lowest BCUT2D eigenvalue weighted by Crippen LogP contribution is -2.28. The Kier molecular flexibility index (Phi) is 3.63. The Labute approximate surface area is 101 Å². The highest BCUT2D eigenvalue weighted by atomic mass is 16.4. The fourth-order valence-corrected chi connectivity index (χ4v) is 2.05. The fourth-order valence-electron chi connectivity index (χ4n) is 2.05. The zero-order valence-electron chi connectivity index (χ0n) is 10.4. The summed E-state index contributed by atoms with van der Waals surface area (Å²) < 4.78 is 5.55. The van der Waals surface area contributed by atoms with E-state index in [4.69, 9.17) is 4.42 Å². The van der Waals surface area contributed by atoms with Gasteiger partial charge in [0.05, 0.1) is 12.1 Å². The molecule has 1 fully saturated rings. The molecule has 0 bridgehead atoms. The van der Waals surface area contributed by atoms with Gasteiger partial charge in [-0.25, -0.2) is 0 Å². The molecule has 1 aromatic heterocycles. The summed E-state index contributed by atoms with van der Waals surface area (Å²) in [5.41, 5.74) is -0.567. The molecule has 2 rings (SSSR count). The van der Waals surface area contributed by atoms with Gasteiger partial charge in [0, 0.05) is 13.1 Å². The Bertz CT molecular complexity index is 364. The maximum absolute atomic E-state index is 10.0. The van der Waals surface area contributed by atoms with Crippen molar-refractivity contribution < 1.29 is 9.52 Å². The molecule has 0 radical (unpaired) electrons. The lowest BCUT2D eigenvalue weighted by Gasteiger charge is -2.21. The highest BCUT2D eigenvalue weighted by Crippen LogP contribution is 2.24. The largest absolute Gasteiger partial charge is 0.407 e. The molecule has 2 heterocycles. The molecule has 96 valence electrons. The molecule has 0 aromatic carbocycles. The quantitative estimate of drug-likeness (QED) is 0.803. The molecule has 1 saturated heterocycles. The van der Waals surface area contributed by atoms with E-state index in [0.717, 1.165) is 32.4 Å². The highest BCUT2D eigenvalue weighted by Gasteiger charge is 2.26. The number of aliphatic hydroxyl groups is 1. The molecule has 2 N–H and O–H groups in total. The van der Waals surface area contributed by atoms with Crippen LogP contribution in [0.1, 0.15) is 32.1 Å². The minimum Gasteiger partial charge on any atom is -0.407 e. The van der Waals surface area contributed by atoms with Crippen LogP contribution in [0.3, 0.4) is 0 Å². The fraction of sp³-hybridized carbons (Fsp3) is 0.818. The van der Waals surface area contributed by atoms with Crippen LogP contribution >= 0.6 is 0 Å². The van der Waals surface area contributed by atoms with E-state index in [1.165, 1.54) is 0 Å². The molecule has 0 spiro atoms. The van der Waals surface area contributed by atoms with E-state index in [1.54, 1.807) is 0 Å². The predicted octanol–water partition coefficient (Wildman–Crippen LogP) is 0.530. The molecule has 1 unspecified atom stereocenters. The van der Waals surface area contributed by atoms with E-state index in [-0.39, 0.29) is 0 Å².